The summed E-state index contributed by atoms with van der Waals surface area (Å²) in [6.45, 7) is 4.50. The summed E-state index contributed by atoms with van der Waals surface area (Å²) in [6, 6.07) is 0. The first kappa shape index (κ1) is 7.66. The second-order valence-corrected chi connectivity index (χ2v) is 1.89. The van der Waals surface area contributed by atoms with Gasteiger partial charge in [0.15, 0.2) is 0 Å². The van der Waals surface area contributed by atoms with Crippen LogP contribution in [0.5, 0.6) is 0 Å². The minimum atomic E-state index is 0. The molecule has 0 bridgehead atoms. The van der Waals surface area contributed by atoms with Gasteiger partial charge in [-0.3, -0.25) is 4.79 Å². The molecule has 2 radical (unpaired) electrons. The van der Waals surface area contributed by atoms with E-state index in [0.29, 0.717) is 0 Å². The van der Waals surface area contributed by atoms with Gasteiger partial charge in [0.25, 0.3) is 6.79 Å². The monoisotopic (exact) mass is 154 g/mol. The molecule has 8 heavy (non-hydrogen) atoms. The largest absolute Gasteiger partial charge is 1.00 e. The Labute approximate surface area is 60.0 Å². The molecular formula is C6H7CoO. The van der Waals surface area contributed by atoms with E-state index in [9.17, 15) is 0 Å². The average Bonchev–Trinajstić information content (AvgIpc) is 2.24. The molecule has 0 aromatic heterocycles. The number of carbonyl (C=O) groups excluding carboxylic acids is 1. The maximum Gasteiger partial charge on any atom is -1.00 e. The molecule has 0 aromatic carbocycles. The first-order chi connectivity index (χ1) is 3.89. The zero-order valence-corrected chi connectivity index (χ0v) is 5.22. The third-order valence-corrected chi connectivity index (χ3v) is 1.10. The Kier molecular flexibility index (Phi) is 4.60. The van der Waals surface area contributed by atoms with Gasteiger partial charge in [-0.15, -0.1) is 0 Å². The van der Waals surface area contributed by atoms with Gasteiger partial charge in [0, 0.05) is 0 Å². The SMILES string of the molecule is [C]=O.[Co+2][C]1=CC=CC1.[H-].[H-]. The topological polar surface area (TPSA) is 17.1 Å². The molecule has 46 valence electrons. The maximum atomic E-state index is 7.50. The van der Waals surface area contributed by atoms with E-state index in [1.54, 1.807) is 0 Å². The normalized spacial score (nSPS) is 14.4. The molecule has 1 aliphatic carbocycles. The van der Waals surface area contributed by atoms with Crippen LogP contribution in [0.2, 0.25) is 0 Å². The number of allylic oxidation sites excluding steroid dienone is 4. The van der Waals surface area contributed by atoms with Crippen LogP contribution >= 0.6 is 0 Å². The Bertz CT molecular complexity index is 123. The zero-order valence-electron chi connectivity index (χ0n) is 6.18. The molecule has 0 saturated heterocycles. The van der Waals surface area contributed by atoms with Crippen LogP contribution in [0.25, 0.3) is 0 Å². The van der Waals surface area contributed by atoms with E-state index >= 15 is 0 Å². The quantitative estimate of drug-likeness (QED) is 0.512. The molecule has 0 heterocycles. The molecule has 1 aliphatic rings. The molecule has 0 atom stereocenters. The third-order valence-electron chi connectivity index (χ3n) is 0.709. The Morgan fingerprint density at radius 2 is 2.38 bits per heavy atom. The zero-order chi connectivity index (χ0) is 6.41. The Morgan fingerprint density at radius 3 is 2.50 bits per heavy atom. The summed E-state index contributed by atoms with van der Waals surface area (Å²) in [5, 5.41) is 0. The van der Waals surface area contributed by atoms with Crippen molar-refractivity contribution in [2.24, 2.45) is 0 Å². The van der Waals surface area contributed by atoms with Crippen LogP contribution in [0.15, 0.2) is 22.7 Å². The van der Waals surface area contributed by atoms with Gasteiger partial charge in [0.1, 0.15) is 0 Å². The molecule has 0 amide bonds. The molecule has 1 nitrogen and oxygen atoms in total. The fraction of sp³-hybridized carbons (Fsp3) is 0.167. The van der Waals surface area contributed by atoms with Crippen LogP contribution in [0.4, 0.5) is 0 Å². The van der Waals surface area contributed by atoms with Gasteiger partial charge in [-0.25, -0.2) is 0 Å². The van der Waals surface area contributed by atoms with Gasteiger partial charge in [-0.1, -0.05) is 0 Å². The summed E-state index contributed by atoms with van der Waals surface area (Å²) in [5.41, 5.74) is 0. The smallest absolute Gasteiger partial charge is 1.00 e. The van der Waals surface area contributed by atoms with E-state index in [4.69, 9.17) is 4.79 Å². The van der Waals surface area contributed by atoms with Gasteiger partial charge < -0.3 is 2.85 Å². The van der Waals surface area contributed by atoms with Gasteiger partial charge in [-0.05, 0) is 0 Å². The molecule has 2 heteroatoms. The van der Waals surface area contributed by atoms with Crippen molar-refractivity contribution in [2.45, 2.75) is 6.42 Å². The van der Waals surface area contributed by atoms with Crippen molar-refractivity contribution >= 4 is 6.79 Å². The average molecular weight is 154 g/mol. The summed E-state index contributed by atoms with van der Waals surface area (Å²) in [7, 11) is 0. The minimum Gasteiger partial charge on any atom is -1.00 e. The van der Waals surface area contributed by atoms with Crippen molar-refractivity contribution in [1.29, 1.82) is 0 Å². The van der Waals surface area contributed by atoms with Crippen LogP contribution in [-0.4, -0.2) is 6.79 Å². The summed E-state index contributed by atoms with van der Waals surface area (Å²) >= 11 is 4.14. The van der Waals surface area contributed by atoms with Crippen LogP contribution in [0.3, 0.4) is 0 Å². The molecule has 0 saturated carbocycles. The second kappa shape index (κ2) is 4.81. The van der Waals surface area contributed by atoms with Crippen molar-refractivity contribution in [2.75, 3.05) is 0 Å². The molecule has 0 spiro atoms. The van der Waals surface area contributed by atoms with Crippen molar-refractivity contribution in [3.63, 3.8) is 0 Å². The summed E-state index contributed by atoms with van der Waals surface area (Å²) in [5.74, 6) is 0. The predicted octanol–water partition coefficient (Wildman–Crippen LogP) is 1.20. The minimum absolute atomic E-state index is 0. The molecule has 1 rings (SSSR count). The Balaban J connectivity index is -0.000000114. The number of hydrogen-bond donors (Lipinski definition) is 0. The second-order valence-electron chi connectivity index (χ2n) is 1.22. The van der Waals surface area contributed by atoms with Crippen molar-refractivity contribution < 1.29 is 23.4 Å². The maximum absolute atomic E-state index is 7.50. The van der Waals surface area contributed by atoms with Crippen LogP contribution in [0, 0.1) is 0 Å². The van der Waals surface area contributed by atoms with E-state index < -0.39 is 0 Å². The molecule has 0 N–H and O–H groups in total. The van der Waals surface area contributed by atoms with Crippen LogP contribution < -0.4 is 0 Å². The van der Waals surface area contributed by atoms with Crippen molar-refractivity contribution in [1.82, 2.24) is 0 Å². The first-order valence-electron chi connectivity index (χ1n) is 2.09. The molecule has 0 aromatic rings. The van der Waals surface area contributed by atoms with Crippen molar-refractivity contribution in [3.05, 3.63) is 22.7 Å². The van der Waals surface area contributed by atoms with E-state index in [1.807, 2.05) is 12.2 Å². The van der Waals surface area contributed by atoms with E-state index in [0.717, 1.165) is 10.9 Å². The number of rotatable bonds is 0. The van der Waals surface area contributed by atoms with Crippen LogP contribution in [-0.2, 0) is 20.5 Å². The van der Waals surface area contributed by atoms with E-state index in [1.165, 1.54) is 0 Å². The van der Waals surface area contributed by atoms with E-state index in [-0.39, 0.29) is 2.85 Å². The fourth-order valence-corrected chi connectivity index (χ4v) is 0.634. The first-order valence-corrected chi connectivity index (χ1v) is 2.61. The van der Waals surface area contributed by atoms with Crippen LogP contribution in [0.1, 0.15) is 9.27 Å². The van der Waals surface area contributed by atoms with Crippen molar-refractivity contribution in [3.8, 4) is 0 Å². The molecule has 0 fully saturated rings. The number of hydrogen-bond acceptors (Lipinski definition) is 1. The Morgan fingerprint density at radius 1 is 1.75 bits per heavy atom. The summed E-state index contributed by atoms with van der Waals surface area (Å²) in [4.78, 5) is 7.50. The summed E-state index contributed by atoms with van der Waals surface area (Å²) < 4.78 is 1.16. The van der Waals surface area contributed by atoms with Gasteiger partial charge >= 0.3 is 44.9 Å². The standard InChI is InChI=1S/C5H5.CO.Co.2H/c1-2-4-5-3-1;1-2;;;/h1-3H,4H2;;;;/q;;+2;2*-1. The van der Waals surface area contributed by atoms with Gasteiger partial charge in [-0.2, -0.15) is 0 Å². The van der Waals surface area contributed by atoms with E-state index in [2.05, 4.69) is 28.6 Å². The third kappa shape index (κ3) is 2.77. The molecular weight excluding hydrogens is 147 g/mol. The predicted molar refractivity (Wildman–Crippen MR) is 29.8 cm³/mol. The van der Waals surface area contributed by atoms with Gasteiger partial charge in [0.2, 0.25) is 0 Å². The summed E-state index contributed by atoms with van der Waals surface area (Å²) in [6.07, 6.45) is 7.13. The fourth-order valence-electron chi connectivity index (χ4n) is 0.412. The van der Waals surface area contributed by atoms with Gasteiger partial charge in [0.05, 0.1) is 0 Å². The molecule has 0 aliphatic heterocycles. The Hall–Kier alpha value is -0.344. The molecule has 0 unspecified atom stereocenters.